The number of sulfone groups is 1. The largest absolute Gasteiger partial charge is 0.305 e. The van der Waals surface area contributed by atoms with Crippen LogP contribution in [0.25, 0.3) is 0 Å². The molecule has 1 aromatic carbocycles. The molecule has 1 fully saturated rings. The number of carbonyl (C=O) groups excluding carboxylic acids is 2. The van der Waals surface area contributed by atoms with Crippen LogP contribution in [0.4, 0.5) is 0 Å². The molecule has 130 valence electrons. The lowest BCUT2D eigenvalue weighted by atomic mass is 9.78. The van der Waals surface area contributed by atoms with Crippen molar-refractivity contribution in [3.8, 4) is 0 Å². The van der Waals surface area contributed by atoms with Crippen molar-refractivity contribution in [2.45, 2.75) is 36.6 Å². The van der Waals surface area contributed by atoms with Gasteiger partial charge >= 0.3 is 0 Å². The van der Waals surface area contributed by atoms with Gasteiger partial charge in [-0.2, -0.15) is 0 Å². The van der Waals surface area contributed by atoms with Crippen molar-refractivity contribution in [3.05, 3.63) is 28.3 Å². The van der Waals surface area contributed by atoms with Crippen LogP contribution in [-0.4, -0.2) is 50.8 Å². The Hall–Kier alpha value is -1.24. The molecular formula is C17H20ClNO4S. The average molecular weight is 370 g/mol. The highest BCUT2D eigenvalue weighted by molar-refractivity contribution is 7.91. The molecule has 1 aliphatic carbocycles. The van der Waals surface area contributed by atoms with E-state index in [9.17, 15) is 18.0 Å². The Labute approximate surface area is 146 Å². The van der Waals surface area contributed by atoms with Gasteiger partial charge in [-0.05, 0) is 51.1 Å². The van der Waals surface area contributed by atoms with Crippen LogP contribution in [0.1, 0.15) is 35.2 Å². The molecule has 24 heavy (non-hydrogen) atoms. The third kappa shape index (κ3) is 2.80. The number of Topliss-reactive ketones (excluding diaryl/α,β-unsaturated/α-hetero) is 2. The second-order valence-corrected chi connectivity index (χ2v) is 9.16. The number of fused-ring (bicyclic) bond motifs is 1. The molecule has 1 heterocycles. The number of halogens is 1. The van der Waals surface area contributed by atoms with Gasteiger partial charge in [0.05, 0.1) is 21.6 Å². The van der Waals surface area contributed by atoms with E-state index in [1.807, 2.05) is 19.0 Å². The summed E-state index contributed by atoms with van der Waals surface area (Å²) in [7, 11) is 0.422. The maximum absolute atomic E-state index is 13.0. The van der Waals surface area contributed by atoms with E-state index in [1.54, 1.807) is 0 Å². The summed E-state index contributed by atoms with van der Waals surface area (Å²) in [6, 6.07) is 2.77. The number of benzene rings is 1. The van der Waals surface area contributed by atoms with Gasteiger partial charge in [0.25, 0.3) is 0 Å². The van der Waals surface area contributed by atoms with Gasteiger partial charge in [0.2, 0.25) is 0 Å². The number of hydrogen-bond donors (Lipinski definition) is 0. The summed E-state index contributed by atoms with van der Waals surface area (Å²) in [4.78, 5) is 27.5. The average Bonchev–Trinajstić information content (AvgIpc) is 2.83. The molecule has 2 atom stereocenters. The predicted molar refractivity (Wildman–Crippen MR) is 91.4 cm³/mol. The summed E-state index contributed by atoms with van der Waals surface area (Å²) in [5.41, 5.74) is 0.770. The summed E-state index contributed by atoms with van der Waals surface area (Å²) in [5.74, 6) is -1.07. The van der Waals surface area contributed by atoms with Crippen molar-refractivity contribution in [1.29, 1.82) is 0 Å². The van der Waals surface area contributed by atoms with E-state index < -0.39 is 15.8 Å². The minimum absolute atomic E-state index is 0.0162. The minimum Gasteiger partial charge on any atom is -0.305 e. The molecule has 1 saturated carbocycles. The van der Waals surface area contributed by atoms with Crippen molar-refractivity contribution in [3.63, 3.8) is 0 Å². The van der Waals surface area contributed by atoms with Gasteiger partial charge in [-0.3, -0.25) is 9.59 Å². The second kappa shape index (κ2) is 6.24. The summed E-state index contributed by atoms with van der Waals surface area (Å²) in [6.07, 6.45) is 2.28. The van der Waals surface area contributed by atoms with E-state index in [2.05, 4.69) is 0 Å². The third-order valence-electron chi connectivity index (χ3n) is 5.02. The molecule has 0 saturated heterocycles. The van der Waals surface area contributed by atoms with Gasteiger partial charge in [0, 0.05) is 18.0 Å². The molecule has 5 nitrogen and oxygen atoms in total. The van der Waals surface area contributed by atoms with Crippen molar-refractivity contribution in [1.82, 2.24) is 4.90 Å². The molecule has 0 amide bonds. The molecule has 7 heteroatoms. The number of nitrogens with zero attached hydrogens (tertiary/aromatic N) is 1. The first-order valence-electron chi connectivity index (χ1n) is 8.01. The second-order valence-electron chi connectivity index (χ2n) is 6.70. The van der Waals surface area contributed by atoms with Gasteiger partial charge < -0.3 is 4.90 Å². The van der Waals surface area contributed by atoms with Crippen LogP contribution < -0.4 is 0 Å². The highest BCUT2D eigenvalue weighted by atomic mass is 35.5. The van der Waals surface area contributed by atoms with E-state index in [1.165, 1.54) is 12.1 Å². The number of ketones is 2. The van der Waals surface area contributed by atoms with Crippen LogP contribution in [0.3, 0.4) is 0 Å². The Balaban J connectivity index is 2.03. The fourth-order valence-electron chi connectivity index (χ4n) is 3.73. The maximum Gasteiger partial charge on any atom is 0.179 e. The van der Waals surface area contributed by atoms with Gasteiger partial charge in [-0.15, -0.1) is 0 Å². The first kappa shape index (κ1) is 17.6. The molecule has 1 aromatic rings. The smallest absolute Gasteiger partial charge is 0.179 e. The Bertz CT molecular complexity index is 816. The van der Waals surface area contributed by atoms with Crippen molar-refractivity contribution in [2.24, 2.45) is 5.92 Å². The van der Waals surface area contributed by atoms with Crippen LogP contribution in [0.5, 0.6) is 0 Å². The lowest BCUT2D eigenvalue weighted by Crippen LogP contribution is -2.46. The van der Waals surface area contributed by atoms with Gasteiger partial charge in [0.1, 0.15) is 5.78 Å². The zero-order valence-corrected chi connectivity index (χ0v) is 15.3. The lowest BCUT2D eigenvalue weighted by molar-refractivity contribution is -0.125. The zero-order chi connectivity index (χ0) is 17.6. The molecule has 0 bridgehead atoms. The molecule has 3 rings (SSSR count). The normalized spacial score (nSPS) is 25.8. The Morgan fingerprint density at radius 3 is 2.62 bits per heavy atom. The summed E-state index contributed by atoms with van der Waals surface area (Å²) < 4.78 is 24.0. The number of carbonyl (C=O) groups is 2. The quantitative estimate of drug-likeness (QED) is 0.603. The van der Waals surface area contributed by atoms with Gasteiger partial charge in [-0.25, -0.2) is 8.42 Å². The first-order valence-corrected chi connectivity index (χ1v) is 10.0. The van der Waals surface area contributed by atoms with Crippen molar-refractivity contribution in [2.75, 3.05) is 19.8 Å². The summed E-state index contributed by atoms with van der Waals surface area (Å²) >= 11 is 6.36. The van der Waals surface area contributed by atoms with E-state index in [0.29, 0.717) is 18.4 Å². The summed E-state index contributed by atoms with van der Waals surface area (Å²) in [5, 5.41) is 0.189. The van der Waals surface area contributed by atoms with Crippen LogP contribution >= 0.6 is 11.6 Å². The fraction of sp³-hybridized carbons (Fsp3) is 0.529. The molecule has 0 radical (unpaired) electrons. The van der Waals surface area contributed by atoms with Gasteiger partial charge in [-0.1, -0.05) is 11.6 Å². The van der Waals surface area contributed by atoms with E-state index >= 15 is 0 Å². The highest BCUT2D eigenvalue weighted by Gasteiger charge is 2.40. The number of hydrogen-bond acceptors (Lipinski definition) is 5. The molecule has 2 aliphatic rings. The van der Waals surface area contributed by atoms with E-state index in [-0.39, 0.29) is 38.8 Å². The monoisotopic (exact) mass is 369 g/mol. The SMILES string of the molecule is CN(C)C1CCCC(=O)C1C(=O)c1ccc2c(c1Cl)CCS2(=O)=O. The minimum atomic E-state index is -3.30. The van der Waals surface area contributed by atoms with Crippen LogP contribution in [0.15, 0.2) is 17.0 Å². The molecule has 0 aromatic heterocycles. The lowest BCUT2D eigenvalue weighted by Gasteiger charge is -2.34. The third-order valence-corrected chi connectivity index (χ3v) is 7.25. The van der Waals surface area contributed by atoms with Gasteiger partial charge in [0.15, 0.2) is 15.6 Å². The van der Waals surface area contributed by atoms with Crippen molar-refractivity contribution < 1.29 is 18.0 Å². The van der Waals surface area contributed by atoms with Crippen molar-refractivity contribution >= 4 is 33.0 Å². The fourth-order valence-corrected chi connectivity index (χ4v) is 5.69. The van der Waals surface area contributed by atoms with Crippen LogP contribution in [0.2, 0.25) is 5.02 Å². The Morgan fingerprint density at radius 2 is 1.96 bits per heavy atom. The van der Waals surface area contributed by atoms with Crippen LogP contribution in [0, 0.1) is 5.92 Å². The number of rotatable bonds is 3. The Morgan fingerprint density at radius 1 is 1.25 bits per heavy atom. The maximum atomic E-state index is 13.0. The first-order chi connectivity index (χ1) is 11.2. The van der Waals surface area contributed by atoms with Crippen LogP contribution in [-0.2, 0) is 21.1 Å². The standard InChI is InChI=1S/C17H20ClNO4S/c1-19(2)12-4-3-5-13(20)15(12)17(21)11-6-7-14-10(16(11)18)8-9-24(14,22)23/h6-7,12,15H,3-5,8-9H2,1-2H3. The summed E-state index contributed by atoms with van der Waals surface area (Å²) in [6.45, 7) is 0. The molecule has 0 spiro atoms. The molecule has 0 N–H and O–H groups in total. The molecule has 1 aliphatic heterocycles. The Kier molecular flexibility index (Phi) is 4.57. The molecular weight excluding hydrogens is 350 g/mol. The topological polar surface area (TPSA) is 71.5 Å². The predicted octanol–water partition coefficient (Wildman–Crippen LogP) is 2.15. The van der Waals surface area contributed by atoms with E-state index in [0.717, 1.165) is 12.8 Å². The molecule has 2 unspecified atom stereocenters. The zero-order valence-electron chi connectivity index (χ0n) is 13.7. The highest BCUT2D eigenvalue weighted by Crippen LogP contribution is 2.36. The van der Waals surface area contributed by atoms with E-state index in [4.69, 9.17) is 11.6 Å².